The van der Waals surface area contributed by atoms with Crippen LogP contribution in [0.15, 0.2) is 78.9 Å². The Hall–Kier alpha value is -3.37. The lowest BCUT2D eigenvalue weighted by Crippen LogP contribution is -2.45. The predicted molar refractivity (Wildman–Crippen MR) is 114 cm³/mol. The first-order chi connectivity index (χ1) is 14.1. The molecule has 0 saturated heterocycles. The quantitative estimate of drug-likeness (QED) is 0.551. The molecule has 4 aromatic rings. The lowest BCUT2D eigenvalue weighted by atomic mass is 9.93. The maximum absolute atomic E-state index is 13.3. The predicted octanol–water partition coefficient (Wildman–Crippen LogP) is 4.37. The van der Waals surface area contributed by atoms with Crippen molar-refractivity contribution in [2.24, 2.45) is 0 Å². The fourth-order valence-corrected chi connectivity index (χ4v) is 4.54. The molecule has 144 valence electrons. The van der Waals surface area contributed by atoms with Crippen LogP contribution >= 0.6 is 0 Å². The molecule has 1 amide bonds. The Morgan fingerprint density at radius 2 is 1.62 bits per heavy atom. The molecule has 2 heterocycles. The van der Waals surface area contributed by atoms with Crippen molar-refractivity contribution in [3.63, 3.8) is 0 Å². The van der Waals surface area contributed by atoms with Crippen molar-refractivity contribution >= 4 is 16.8 Å². The van der Waals surface area contributed by atoms with E-state index in [2.05, 4.69) is 24.0 Å². The van der Waals surface area contributed by atoms with E-state index >= 15 is 0 Å². The van der Waals surface area contributed by atoms with E-state index in [1.54, 1.807) is 11.0 Å². The Bertz CT molecular complexity index is 1210. The Labute approximate surface area is 169 Å². The van der Waals surface area contributed by atoms with E-state index in [0.29, 0.717) is 29.7 Å². The van der Waals surface area contributed by atoms with E-state index in [1.165, 1.54) is 5.56 Å². The zero-order valence-electron chi connectivity index (χ0n) is 16.2. The first-order valence-corrected chi connectivity index (χ1v) is 9.86. The molecule has 0 spiro atoms. The first kappa shape index (κ1) is 17.7. The Kier molecular flexibility index (Phi) is 4.03. The van der Waals surface area contributed by atoms with Crippen LogP contribution in [0, 0.1) is 6.92 Å². The van der Waals surface area contributed by atoms with Gasteiger partial charge in [-0.3, -0.25) is 4.79 Å². The summed E-state index contributed by atoms with van der Waals surface area (Å²) in [6.45, 7) is 2.47. The number of aryl methyl sites for hydroxylation is 1. The van der Waals surface area contributed by atoms with Gasteiger partial charge in [-0.15, -0.1) is 0 Å². The Balaban J connectivity index is 1.56. The van der Waals surface area contributed by atoms with E-state index in [1.807, 2.05) is 60.7 Å². The summed E-state index contributed by atoms with van der Waals surface area (Å²) in [5, 5.41) is 13.0. The molecule has 1 aliphatic rings. The Morgan fingerprint density at radius 3 is 2.45 bits per heavy atom. The lowest BCUT2D eigenvalue weighted by Gasteiger charge is -2.35. The topological polar surface area (TPSA) is 56.3 Å². The van der Waals surface area contributed by atoms with Crippen molar-refractivity contribution in [1.29, 1.82) is 0 Å². The van der Waals surface area contributed by atoms with Gasteiger partial charge >= 0.3 is 0 Å². The number of carbonyl (C=O) groups is 1. The fourth-order valence-electron chi connectivity index (χ4n) is 4.54. The zero-order valence-corrected chi connectivity index (χ0v) is 16.2. The fraction of sp³-hybridized carbons (Fsp3) is 0.160. The average molecular weight is 382 g/mol. The summed E-state index contributed by atoms with van der Waals surface area (Å²) in [6, 6.07) is 25.0. The van der Waals surface area contributed by atoms with E-state index in [-0.39, 0.29) is 5.91 Å². The number of para-hydroxylation sites is 1. The van der Waals surface area contributed by atoms with Crippen LogP contribution < -0.4 is 0 Å². The molecule has 0 saturated carbocycles. The Morgan fingerprint density at radius 1 is 0.931 bits per heavy atom. The third-order valence-corrected chi connectivity index (χ3v) is 5.96. The van der Waals surface area contributed by atoms with Crippen molar-refractivity contribution in [3.05, 3.63) is 107 Å². The molecule has 0 radical (unpaired) electrons. The van der Waals surface area contributed by atoms with Crippen LogP contribution in [0.2, 0.25) is 0 Å². The molecule has 0 aliphatic carbocycles. The molecule has 0 fully saturated rings. The number of carbonyl (C=O) groups excluding carboxylic acids is 1. The van der Waals surface area contributed by atoms with Gasteiger partial charge in [0.05, 0.1) is 0 Å². The van der Waals surface area contributed by atoms with Crippen LogP contribution in [0.4, 0.5) is 0 Å². The second kappa shape index (κ2) is 6.61. The van der Waals surface area contributed by atoms with Crippen LogP contribution in [-0.4, -0.2) is 27.4 Å². The van der Waals surface area contributed by atoms with Crippen molar-refractivity contribution < 1.29 is 9.90 Å². The van der Waals surface area contributed by atoms with E-state index in [4.69, 9.17) is 0 Å². The smallest absolute Gasteiger partial charge is 0.257 e. The highest BCUT2D eigenvalue weighted by atomic mass is 16.3. The van der Waals surface area contributed by atoms with Crippen LogP contribution in [-0.2, 0) is 12.1 Å². The SMILES string of the molecule is Cc1[nH]c2ccccc2c1CCN1C(=O)c2ccccc2C1(O)c1ccccc1. The van der Waals surface area contributed by atoms with Gasteiger partial charge in [0, 0.05) is 39.8 Å². The summed E-state index contributed by atoms with van der Waals surface area (Å²) in [7, 11) is 0. The number of fused-ring (bicyclic) bond motifs is 2. The van der Waals surface area contributed by atoms with Crippen molar-refractivity contribution in [1.82, 2.24) is 9.88 Å². The number of nitrogens with zero attached hydrogens (tertiary/aromatic N) is 1. The molecule has 29 heavy (non-hydrogen) atoms. The van der Waals surface area contributed by atoms with Crippen molar-refractivity contribution in [2.45, 2.75) is 19.1 Å². The second-order valence-electron chi connectivity index (χ2n) is 7.56. The number of hydrogen-bond acceptors (Lipinski definition) is 2. The van der Waals surface area contributed by atoms with Gasteiger partial charge < -0.3 is 15.0 Å². The number of H-pyrrole nitrogens is 1. The standard InChI is InChI=1S/C25H22N2O2/c1-17-19(20-11-6-8-14-23(20)26-17)15-16-27-24(28)21-12-5-7-13-22(21)25(27,29)18-9-3-2-4-10-18/h2-14,26,29H,15-16H2,1H3. The van der Waals surface area contributed by atoms with E-state index in [0.717, 1.165) is 16.6 Å². The number of rotatable bonds is 4. The molecule has 4 nitrogen and oxygen atoms in total. The summed E-state index contributed by atoms with van der Waals surface area (Å²) < 4.78 is 0. The van der Waals surface area contributed by atoms with Gasteiger partial charge in [-0.05, 0) is 31.0 Å². The van der Waals surface area contributed by atoms with Gasteiger partial charge in [-0.2, -0.15) is 0 Å². The molecule has 3 aromatic carbocycles. The number of amides is 1. The zero-order chi connectivity index (χ0) is 20.0. The van der Waals surface area contributed by atoms with Crippen LogP contribution in [0.1, 0.15) is 32.7 Å². The third kappa shape index (κ3) is 2.60. The number of benzene rings is 3. The van der Waals surface area contributed by atoms with Crippen LogP contribution in [0.25, 0.3) is 10.9 Å². The summed E-state index contributed by atoms with van der Waals surface area (Å²) in [5.74, 6) is -0.135. The third-order valence-electron chi connectivity index (χ3n) is 5.96. The molecule has 1 aromatic heterocycles. The minimum Gasteiger partial charge on any atom is -0.363 e. The van der Waals surface area contributed by atoms with Crippen LogP contribution in [0.5, 0.6) is 0 Å². The normalized spacial score (nSPS) is 18.4. The lowest BCUT2D eigenvalue weighted by molar-refractivity contribution is -0.0493. The first-order valence-electron chi connectivity index (χ1n) is 9.86. The molecule has 0 bridgehead atoms. The van der Waals surface area contributed by atoms with Gasteiger partial charge in [-0.25, -0.2) is 0 Å². The summed E-state index contributed by atoms with van der Waals surface area (Å²) in [4.78, 5) is 18.3. The number of aliphatic hydroxyl groups is 1. The minimum atomic E-state index is -1.46. The van der Waals surface area contributed by atoms with E-state index in [9.17, 15) is 9.90 Å². The minimum absolute atomic E-state index is 0.135. The molecule has 1 unspecified atom stereocenters. The second-order valence-corrected chi connectivity index (χ2v) is 7.56. The monoisotopic (exact) mass is 382 g/mol. The number of aromatic nitrogens is 1. The van der Waals surface area contributed by atoms with Gasteiger partial charge in [-0.1, -0.05) is 66.7 Å². The molecule has 2 N–H and O–H groups in total. The molecular formula is C25H22N2O2. The number of aromatic amines is 1. The molecule has 1 aliphatic heterocycles. The highest BCUT2D eigenvalue weighted by Crippen LogP contribution is 2.42. The molecule has 4 heteroatoms. The molecular weight excluding hydrogens is 360 g/mol. The van der Waals surface area contributed by atoms with Crippen LogP contribution in [0.3, 0.4) is 0 Å². The maximum Gasteiger partial charge on any atom is 0.257 e. The number of hydrogen-bond donors (Lipinski definition) is 2. The van der Waals surface area contributed by atoms with Gasteiger partial charge in [0.1, 0.15) is 0 Å². The highest BCUT2D eigenvalue weighted by Gasteiger charge is 2.49. The van der Waals surface area contributed by atoms with Gasteiger partial charge in [0.15, 0.2) is 5.72 Å². The molecule has 1 atom stereocenters. The summed E-state index contributed by atoms with van der Waals surface area (Å²) in [5.41, 5.74) is 3.82. The van der Waals surface area contributed by atoms with Crippen molar-refractivity contribution in [2.75, 3.05) is 6.54 Å². The maximum atomic E-state index is 13.3. The summed E-state index contributed by atoms with van der Waals surface area (Å²) in [6.07, 6.45) is 0.657. The van der Waals surface area contributed by atoms with E-state index < -0.39 is 5.72 Å². The van der Waals surface area contributed by atoms with Crippen molar-refractivity contribution in [3.8, 4) is 0 Å². The highest BCUT2D eigenvalue weighted by molar-refractivity contribution is 6.00. The van der Waals surface area contributed by atoms with Gasteiger partial charge in [0.25, 0.3) is 5.91 Å². The molecule has 5 rings (SSSR count). The average Bonchev–Trinajstić information content (AvgIpc) is 3.19. The van der Waals surface area contributed by atoms with Gasteiger partial charge in [0.2, 0.25) is 0 Å². The largest absolute Gasteiger partial charge is 0.363 e. The summed E-state index contributed by atoms with van der Waals surface area (Å²) >= 11 is 0. The number of nitrogens with one attached hydrogen (secondary N) is 1.